The van der Waals surface area contributed by atoms with Crippen molar-refractivity contribution in [3.63, 3.8) is 0 Å². The van der Waals surface area contributed by atoms with Crippen LogP contribution >= 0.6 is 0 Å². The van der Waals surface area contributed by atoms with Gasteiger partial charge in [-0.1, -0.05) is 32.0 Å². The van der Waals surface area contributed by atoms with Crippen molar-refractivity contribution in [2.45, 2.75) is 123 Å². The number of Topliss-reactive ketones (excluding diaryl/α,β-unsaturated/α-hetero) is 1. The number of hydrogen-bond acceptors (Lipinski definition) is 13. The number of carbonyl (C=O) groups excluding carboxylic acids is 3. The standard InChI is InChI=1S/C48H68N4O12S2/c1-7-63-43(53)15-13-23-51(21-9-11-25-65(57,58)59)31-33-17-19-39-37(27-33)47(3,4)41(49-39)29-35-45(55)36(46(35)56)30-42-48(5,6)38-28-34(18-20-40(38)50-42)32-52(22-10-12-26-66(60,61)62)24-14-16-44(54)64-8-2/h17-20,27-30,41,49-50,55H,7-16,21-26,31-32H2,1-6H3,(H,57,58,59)(H,60,61,62)/p+1. The monoisotopic (exact) mass is 957 g/mol. The number of hydrogen-bond donors (Lipinski definition) is 5. The van der Waals surface area contributed by atoms with E-state index in [4.69, 9.17) is 9.47 Å². The van der Waals surface area contributed by atoms with Gasteiger partial charge >= 0.3 is 11.9 Å². The number of nitrogens with zero attached hydrogens (tertiary/aromatic N) is 2. The van der Waals surface area contributed by atoms with Gasteiger partial charge in [-0.05, 0) is 139 Å². The van der Waals surface area contributed by atoms with Gasteiger partial charge in [0, 0.05) is 48.3 Å². The van der Waals surface area contributed by atoms with E-state index >= 15 is 0 Å². The van der Waals surface area contributed by atoms with Crippen LogP contribution in [-0.2, 0) is 68.0 Å². The highest BCUT2D eigenvalue weighted by molar-refractivity contribution is 7.86. The van der Waals surface area contributed by atoms with Crippen LogP contribution in [0.15, 0.2) is 71.2 Å². The first kappa shape index (κ1) is 52.5. The number of anilines is 1. The van der Waals surface area contributed by atoms with Gasteiger partial charge in [0.25, 0.3) is 20.2 Å². The summed E-state index contributed by atoms with van der Waals surface area (Å²) in [5.74, 6) is -1.44. The number of rotatable bonds is 26. The van der Waals surface area contributed by atoms with Gasteiger partial charge in [-0.3, -0.25) is 33.3 Å². The van der Waals surface area contributed by atoms with Crippen molar-refractivity contribution in [1.29, 1.82) is 0 Å². The number of allylic oxidation sites excluding steroid dienone is 4. The van der Waals surface area contributed by atoms with E-state index in [9.17, 15) is 45.4 Å². The number of ketones is 1. The zero-order chi connectivity index (χ0) is 48.5. The Morgan fingerprint density at radius 2 is 1.26 bits per heavy atom. The molecule has 0 fully saturated rings. The molecule has 0 saturated carbocycles. The predicted molar refractivity (Wildman–Crippen MR) is 252 cm³/mol. The van der Waals surface area contributed by atoms with Gasteiger partial charge in [0.2, 0.25) is 0 Å². The lowest BCUT2D eigenvalue weighted by atomic mass is 9.76. The van der Waals surface area contributed by atoms with E-state index in [1.54, 1.807) is 19.9 Å². The van der Waals surface area contributed by atoms with Crippen LogP contribution in [0.5, 0.6) is 0 Å². The van der Waals surface area contributed by atoms with Gasteiger partial charge in [-0.15, -0.1) is 0 Å². The third-order valence-electron chi connectivity index (χ3n) is 12.7. The van der Waals surface area contributed by atoms with E-state index in [0.717, 1.165) is 39.3 Å². The fourth-order valence-corrected chi connectivity index (χ4v) is 10.1. The molecule has 364 valence electrons. The number of carbonyl (C=O) groups is 3. The van der Waals surface area contributed by atoms with Crippen LogP contribution in [0.25, 0.3) is 0 Å². The Bertz CT molecular complexity index is 2430. The average molecular weight is 958 g/mol. The van der Waals surface area contributed by atoms with Crippen LogP contribution in [0, 0.1) is 0 Å². The highest BCUT2D eigenvalue weighted by Gasteiger charge is 2.45. The molecule has 0 bridgehead atoms. The molecule has 0 amide bonds. The molecule has 2 heterocycles. The Kier molecular flexibility index (Phi) is 18.0. The number of nitrogens with two attached hydrogens (primary N) is 1. The van der Waals surface area contributed by atoms with Crippen molar-refractivity contribution in [1.82, 2.24) is 9.80 Å². The van der Waals surface area contributed by atoms with Crippen molar-refractivity contribution in [3.05, 3.63) is 93.4 Å². The first-order chi connectivity index (χ1) is 31.0. The van der Waals surface area contributed by atoms with Crippen LogP contribution in [0.4, 0.5) is 11.4 Å². The lowest BCUT2D eigenvalue weighted by molar-refractivity contribution is -0.596. The Balaban J connectivity index is 1.27. The van der Waals surface area contributed by atoms with Crippen LogP contribution in [-0.4, -0.2) is 116 Å². The number of quaternary nitrogens is 1. The Labute approximate surface area is 390 Å². The summed E-state index contributed by atoms with van der Waals surface area (Å²) >= 11 is 0. The van der Waals surface area contributed by atoms with Crippen molar-refractivity contribution in [3.8, 4) is 0 Å². The van der Waals surface area contributed by atoms with Crippen molar-refractivity contribution in [2.75, 3.05) is 56.2 Å². The largest absolute Gasteiger partial charge is 0.506 e. The molecule has 3 aliphatic rings. The smallest absolute Gasteiger partial charge is 0.305 e. The number of ether oxygens (including phenoxy) is 2. The summed E-state index contributed by atoms with van der Waals surface area (Å²) in [4.78, 5) is 42.1. The number of unbranched alkanes of at least 4 members (excludes halogenated alkanes) is 2. The second-order valence-corrected chi connectivity index (χ2v) is 21.7. The maximum atomic E-state index is 13.8. The average Bonchev–Trinajstić information content (AvgIpc) is 3.63. The van der Waals surface area contributed by atoms with Gasteiger partial charge in [0.1, 0.15) is 17.5 Å². The molecule has 0 saturated heterocycles. The van der Waals surface area contributed by atoms with Crippen LogP contribution in [0.3, 0.4) is 0 Å². The van der Waals surface area contributed by atoms with Crippen LogP contribution in [0.1, 0.15) is 115 Å². The minimum atomic E-state index is -4.05. The van der Waals surface area contributed by atoms with E-state index in [0.29, 0.717) is 91.0 Å². The predicted octanol–water partition coefficient (Wildman–Crippen LogP) is 5.78. The summed E-state index contributed by atoms with van der Waals surface area (Å²) in [7, 11) is -8.11. The fraction of sp³-hybridized carbons (Fsp3) is 0.562. The number of aliphatic hydroxyl groups is 1. The summed E-state index contributed by atoms with van der Waals surface area (Å²) in [6.45, 7) is 16.0. The molecule has 2 aliphatic heterocycles. The molecule has 6 N–H and O–H groups in total. The molecule has 1 atom stereocenters. The second kappa shape index (κ2) is 22.6. The fourth-order valence-electron chi connectivity index (χ4n) is 8.93. The molecule has 0 radical (unpaired) electrons. The number of aliphatic hydroxyl groups excluding tert-OH is 1. The SMILES string of the molecule is CCOC(=O)CCCN(CCCCS(=O)(=O)O)Cc1ccc2c(c1)C(C)(C)C(=CC1=C(O)C(=CC3[NH2+]c4ccc(CN(CCCCS(=O)(=O)O)CCCC(=O)OCC)cc4C3(C)C)C1=O)N2. The molecule has 16 nitrogen and oxygen atoms in total. The molecule has 18 heteroatoms. The van der Waals surface area contributed by atoms with E-state index in [2.05, 4.69) is 66.3 Å². The molecule has 2 aromatic rings. The van der Waals surface area contributed by atoms with Crippen molar-refractivity contribution in [2.24, 2.45) is 0 Å². The van der Waals surface area contributed by atoms with E-state index in [1.807, 2.05) is 24.3 Å². The van der Waals surface area contributed by atoms with Gasteiger partial charge < -0.3 is 25.2 Å². The first-order valence-corrected chi connectivity index (χ1v) is 26.2. The molecular weight excluding hydrogens is 889 g/mol. The minimum Gasteiger partial charge on any atom is -0.506 e. The van der Waals surface area contributed by atoms with Crippen molar-refractivity contribution < 1.29 is 60.2 Å². The molecule has 2 aromatic carbocycles. The lowest BCUT2D eigenvalue weighted by Gasteiger charge is -2.27. The first-order valence-electron chi connectivity index (χ1n) is 23.0. The summed E-state index contributed by atoms with van der Waals surface area (Å²) in [6.07, 6.45) is 7.00. The maximum absolute atomic E-state index is 13.8. The van der Waals surface area contributed by atoms with E-state index in [1.165, 1.54) is 0 Å². The van der Waals surface area contributed by atoms with Crippen LogP contribution in [0.2, 0.25) is 0 Å². The topological polar surface area (TPSA) is 234 Å². The third-order valence-corrected chi connectivity index (χ3v) is 14.3. The van der Waals surface area contributed by atoms with Gasteiger partial charge in [-0.25, -0.2) is 0 Å². The molecule has 0 aromatic heterocycles. The zero-order valence-electron chi connectivity index (χ0n) is 39.2. The quantitative estimate of drug-likeness (QED) is 0.0247. The minimum absolute atomic E-state index is 0.0532. The highest BCUT2D eigenvalue weighted by atomic mass is 32.2. The van der Waals surface area contributed by atoms with Gasteiger partial charge in [-0.2, -0.15) is 16.8 Å². The molecule has 1 aliphatic carbocycles. The summed E-state index contributed by atoms with van der Waals surface area (Å²) < 4.78 is 73.7. The number of fused-ring (bicyclic) bond motifs is 2. The summed E-state index contributed by atoms with van der Waals surface area (Å²) in [6, 6.07) is 12.2. The lowest BCUT2D eigenvalue weighted by Crippen LogP contribution is -2.84. The normalized spacial score (nSPS) is 18.8. The highest BCUT2D eigenvalue weighted by Crippen LogP contribution is 2.46. The third kappa shape index (κ3) is 14.3. The van der Waals surface area contributed by atoms with E-state index < -0.39 is 31.1 Å². The zero-order valence-corrected chi connectivity index (χ0v) is 40.9. The molecule has 0 spiro atoms. The van der Waals surface area contributed by atoms with Crippen LogP contribution < -0.4 is 10.6 Å². The summed E-state index contributed by atoms with van der Waals surface area (Å²) in [5, 5.41) is 17.0. The molecule has 5 rings (SSSR count). The Morgan fingerprint density at radius 1 is 0.758 bits per heavy atom. The molecule has 1 unspecified atom stereocenters. The Hall–Kier alpha value is -4.43. The maximum Gasteiger partial charge on any atom is 0.305 e. The van der Waals surface area contributed by atoms with E-state index in [-0.39, 0.29) is 65.0 Å². The molecule has 66 heavy (non-hydrogen) atoms. The van der Waals surface area contributed by atoms with Crippen molar-refractivity contribution >= 4 is 49.3 Å². The summed E-state index contributed by atoms with van der Waals surface area (Å²) in [5.41, 5.74) is 6.42. The number of nitrogens with one attached hydrogen (secondary N) is 1. The number of esters is 2. The Morgan fingerprint density at radius 3 is 1.76 bits per heavy atom. The molecular formula is C48H69N4O12S2+. The number of benzene rings is 2. The van der Waals surface area contributed by atoms with Gasteiger partial charge in [0.05, 0.1) is 41.3 Å². The second-order valence-electron chi connectivity index (χ2n) is 18.6. The van der Waals surface area contributed by atoms with Gasteiger partial charge in [0.15, 0.2) is 5.78 Å².